The van der Waals surface area contributed by atoms with Crippen molar-refractivity contribution in [3.05, 3.63) is 0 Å². The molecule has 1 atom stereocenters. The Labute approximate surface area is 86.6 Å². The molecule has 0 spiro atoms. The van der Waals surface area contributed by atoms with Gasteiger partial charge >= 0.3 is 6.18 Å². The van der Waals surface area contributed by atoms with Gasteiger partial charge in [-0.1, -0.05) is 6.92 Å². The molecule has 1 unspecified atom stereocenters. The molecular weight excluding hydrogens is 219 g/mol. The SMILES string of the molecule is CCCN(CC(O)CCl)CC(F)(F)F. The summed E-state index contributed by atoms with van der Waals surface area (Å²) in [5.41, 5.74) is 0. The van der Waals surface area contributed by atoms with Crippen molar-refractivity contribution in [2.24, 2.45) is 0 Å². The molecule has 0 bridgehead atoms. The average molecular weight is 234 g/mol. The van der Waals surface area contributed by atoms with Crippen LogP contribution in [-0.4, -0.2) is 47.8 Å². The fourth-order valence-corrected chi connectivity index (χ4v) is 1.25. The quantitative estimate of drug-likeness (QED) is 0.708. The van der Waals surface area contributed by atoms with Crippen molar-refractivity contribution in [3.8, 4) is 0 Å². The number of aliphatic hydroxyl groups excluding tert-OH is 1. The van der Waals surface area contributed by atoms with Crippen LogP contribution in [0.25, 0.3) is 0 Å². The highest BCUT2D eigenvalue weighted by Crippen LogP contribution is 2.16. The van der Waals surface area contributed by atoms with Gasteiger partial charge < -0.3 is 5.11 Å². The van der Waals surface area contributed by atoms with Gasteiger partial charge in [-0.2, -0.15) is 13.2 Å². The van der Waals surface area contributed by atoms with Crippen molar-refractivity contribution in [1.29, 1.82) is 0 Å². The third kappa shape index (κ3) is 7.41. The molecule has 0 aromatic heterocycles. The maximum atomic E-state index is 12.0. The second-order valence-electron chi connectivity index (χ2n) is 3.16. The van der Waals surface area contributed by atoms with Gasteiger partial charge in [-0.05, 0) is 13.0 Å². The first kappa shape index (κ1) is 14.0. The summed E-state index contributed by atoms with van der Waals surface area (Å²) in [4.78, 5) is 1.16. The molecule has 0 aliphatic heterocycles. The van der Waals surface area contributed by atoms with Crippen LogP contribution >= 0.6 is 11.6 Å². The largest absolute Gasteiger partial charge is 0.401 e. The van der Waals surface area contributed by atoms with E-state index < -0.39 is 18.8 Å². The topological polar surface area (TPSA) is 23.5 Å². The zero-order valence-corrected chi connectivity index (χ0v) is 8.78. The second-order valence-corrected chi connectivity index (χ2v) is 3.47. The molecule has 0 saturated carbocycles. The normalized spacial score (nSPS) is 14.8. The summed E-state index contributed by atoms with van der Waals surface area (Å²) in [5, 5.41) is 9.11. The van der Waals surface area contributed by atoms with Gasteiger partial charge in [0.25, 0.3) is 0 Å². The van der Waals surface area contributed by atoms with Gasteiger partial charge in [0.2, 0.25) is 0 Å². The fraction of sp³-hybridized carbons (Fsp3) is 1.00. The van der Waals surface area contributed by atoms with Crippen molar-refractivity contribution in [2.75, 3.05) is 25.5 Å². The van der Waals surface area contributed by atoms with Gasteiger partial charge in [-0.3, -0.25) is 4.90 Å². The van der Waals surface area contributed by atoms with Gasteiger partial charge in [-0.25, -0.2) is 0 Å². The highest BCUT2D eigenvalue weighted by molar-refractivity contribution is 6.18. The molecule has 0 aromatic carbocycles. The van der Waals surface area contributed by atoms with Gasteiger partial charge in [0, 0.05) is 12.4 Å². The van der Waals surface area contributed by atoms with Crippen LogP contribution in [0.5, 0.6) is 0 Å². The second kappa shape index (κ2) is 6.48. The highest BCUT2D eigenvalue weighted by atomic mass is 35.5. The summed E-state index contributed by atoms with van der Waals surface area (Å²) in [5.74, 6) is -0.0436. The number of nitrogens with zero attached hydrogens (tertiary/aromatic N) is 1. The third-order valence-corrected chi connectivity index (χ3v) is 1.95. The van der Waals surface area contributed by atoms with Crippen LogP contribution in [0.15, 0.2) is 0 Å². The van der Waals surface area contributed by atoms with Crippen LogP contribution in [0.2, 0.25) is 0 Å². The lowest BCUT2D eigenvalue weighted by molar-refractivity contribution is -0.148. The molecule has 86 valence electrons. The van der Waals surface area contributed by atoms with Crippen molar-refractivity contribution in [2.45, 2.75) is 25.6 Å². The lowest BCUT2D eigenvalue weighted by Gasteiger charge is -2.24. The third-order valence-electron chi connectivity index (χ3n) is 1.59. The molecule has 6 heteroatoms. The molecule has 2 nitrogen and oxygen atoms in total. The Morgan fingerprint density at radius 1 is 1.43 bits per heavy atom. The first-order chi connectivity index (χ1) is 6.39. The van der Waals surface area contributed by atoms with Crippen molar-refractivity contribution in [3.63, 3.8) is 0 Å². The van der Waals surface area contributed by atoms with E-state index in [0.717, 1.165) is 4.90 Å². The van der Waals surface area contributed by atoms with E-state index in [1.54, 1.807) is 6.92 Å². The van der Waals surface area contributed by atoms with E-state index in [9.17, 15) is 13.2 Å². The molecule has 0 radical (unpaired) electrons. The van der Waals surface area contributed by atoms with E-state index in [4.69, 9.17) is 16.7 Å². The summed E-state index contributed by atoms with van der Waals surface area (Å²) in [7, 11) is 0. The van der Waals surface area contributed by atoms with Gasteiger partial charge in [0.05, 0.1) is 12.6 Å². The van der Waals surface area contributed by atoms with Gasteiger partial charge in [-0.15, -0.1) is 11.6 Å². The van der Waals surface area contributed by atoms with Crippen molar-refractivity contribution in [1.82, 2.24) is 4.90 Å². The standard InChI is InChI=1S/C8H15ClF3NO/c1-2-3-13(5-7(14)4-9)6-8(10,11)12/h7,14H,2-6H2,1H3. The molecule has 0 heterocycles. The van der Waals surface area contributed by atoms with Crippen molar-refractivity contribution < 1.29 is 18.3 Å². The molecule has 0 amide bonds. The Hall–Kier alpha value is -0.0000000000000000555. The van der Waals surface area contributed by atoms with Gasteiger partial charge in [0.15, 0.2) is 0 Å². The monoisotopic (exact) mass is 233 g/mol. The predicted octanol–water partition coefficient (Wildman–Crippen LogP) is 1.86. The van der Waals surface area contributed by atoms with E-state index in [-0.39, 0.29) is 12.4 Å². The summed E-state index contributed by atoms with van der Waals surface area (Å²) >= 11 is 5.31. The Kier molecular flexibility index (Phi) is 6.48. The first-order valence-corrected chi connectivity index (χ1v) is 4.95. The number of aliphatic hydroxyl groups is 1. The molecule has 0 aliphatic rings. The van der Waals surface area contributed by atoms with E-state index in [2.05, 4.69) is 0 Å². The molecule has 0 aromatic rings. The number of rotatable bonds is 6. The Morgan fingerprint density at radius 2 is 2.00 bits per heavy atom. The van der Waals surface area contributed by atoms with Crippen LogP contribution in [0, 0.1) is 0 Å². The minimum atomic E-state index is -4.22. The Balaban J connectivity index is 4.01. The number of halogens is 4. The maximum absolute atomic E-state index is 12.0. The predicted molar refractivity (Wildman–Crippen MR) is 49.5 cm³/mol. The minimum absolute atomic E-state index is 0.0309. The molecule has 0 saturated heterocycles. The zero-order valence-electron chi connectivity index (χ0n) is 8.02. The van der Waals surface area contributed by atoms with Crippen LogP contribution in [-0.2, 0) is 0 Å². The highest BCUT2D eigenvalue weighted by Gasteiger charge is 2.30. The summed E-state index contributed by atoms with van der Waals surface area (Å²) < 4.78 is 36.1. The van der Waals surface area contributed by atoms with Gasteiger partial charge in [0.1, 0.15) is 0 Å². The van der Waals surface area contributed by atoms with Crippen LogP contribution < -0.4 is 0 Å². The number of hydrogen-bond donors (Lipinski definition) is 1. The smallest absolute Gasteiger partial charge is 0.391 e. The maximum Gasteiger partial charge on any atom is 0.401 e. The molecule has 14 heavy (non-hydrogen) atoms. The molecule has 1 N–H and O–H groups in total. The molecular formula is C8H15ClF3NO. The van der Waals surface area contributed by atoms with Crippen molar-refractivity contribution >= 4 is 11.6 Å². The summed E-state index contributed by atoms with van der Waals surface area (Å²) in [6.07, 6.45) is -4.50. The van der Waals surface area contributed by atoms with E-state index in [1.165, 1.54) is 0 Å². The number of alkyl halides is 4. The molecule has 0 fully saturated rings. The Bertz CT molecular complexity index is 154. The lowest BCUT2D eigenvalue weighted by atomic mass is 10.3. The van der Waals surface area contributed by atoms with E-state index in [1.807, 2.05) is 0 Å². The van der Waals surface area contributed by atoms with E-state index in [0.29, 0.717) is 13.0 Å². The first-order valence-electron chi connectivity index (χ1n) is 4.42. The van der Waals surface area contributed by atoms with Crippen LogP contribution in [0.4, 0.5) is 13.2 Å². The van der Waals surface area contributed by atoms with Crippen LogP contribution in [0.1, 0.15) is 13.3 Å². The average Bonchev–Trinajstić information content (AvgIpc) is 2.01. The van der Waals surface area contributed by atoms with Crippen LogP contribution in [0.3, 0.4) is 0 Å². The minimum Gasteiger partial charge on any atom is -0.391 e. The lowest BCUT2D eigenvalue weighted by Crippen LogP contribution is -2.40. The van der Waals surface area contributed by atoms with E-state index >= 15 is 0 Å². The fourth-order valence-electron chi connectivity index (χ4n) is 1.15. The molecule has 0 rings (SSSR count). The Morgan fingerprint density at radius 3 is 2.36 bits per heavy atom. The summed E-state index contributed by atoms with van der Waals surface area (Å²) in [6.45, 7) is 1.08. The summed E-state index contributed by atoms with van der Waals surface area (Å²) in [6, 6.07) is 0. The number of hydrogen-bond acceptors (Lipinski definition) is 2. The molecule has 0 aliphatic carbocycles. The zero-order chi connectivity index (χ0) is 11.2.